The summed E-state index contributed by atoms with van der Waals surface area (Å²) in [6.07, 6.45) is 9.90. The monoisotopic (exact) mass is 958 g/mol. The lowest BCUT2D eigenvalue weighted by molar-refractivity contribution is -0.180. The summed E-state index contributed by atoms with van der Waals surface area (Å²) in [5.74, 6) is -4.31. The number of carbonyl (C=O) groups excluding carboxylic acids is 5. The van der Waals surface area contributed by atoms with Gasteiger partial charge in [0.15, 0.2) is 0 Å². The van der Waals surface area contributed by atoms with Crippen LogP contribution in [0.4, 0.5) is 4.39 Å². The van der Waals surface area contributed by atoms with Crippen molar-refractivity contribution in [2.45, 2.75) is 123 Å². The van der Waals surface area contributed by atoms with E-state index in [0.717, 1.165) is 36.8 Å². The van der Waals surface area contributed by atoms with Gasteiger partial charge in [-0.15, -0.1) is 0 Å². The molecule has 3 aromatic rings. The van der Waals surface area contributed by atoms with Gasteiger partial charge in [0.2, 0.25) is 0 Å². The van der Waals surface area contributed by atoms with Crippen molar-refractivity contribution >= 4 is 29.8 Å². The van der Waals surface area contributed by atoms with E-state index in [0.29, 0.717) is 59.6 Å². The topological polar surface area (TPSA) is 170 Å². The van der Waals surface area contributed by atoms with Crippen LogP contribution < -0.4 is 4.74 Å². The highest BCUT2D eigenvalue weighted by molar-refractivity contribution is 6.29. The maximum Gasteiger partial charge on any atom is 0.417 e. The van der Waals surface area contributed by atoms with E-state index in [1.807, 2.05) is 19.1 Å². The number of aliphatic hydroxyl groups is 1. The Morgan fingerprint density at radius 2 is 1.32 bits per heavy atom. The molecule has 0 aliphatic heterocycles. The molecule has 2 atom stereocenters. The second kappa shape index (κ2) is 28.6. The molecule has 0 saturated heterocycles. The van der Waals surface area contributed by atoms with Crippen LogP contribution in [0.15, 0.2) is 72.8 Å². The number of unbranched alkanes of at least 4 members (excludes halogenated alkanes) is 2. The van der Waals surface area contributed by atoms with Crippen LogP contribution in [0.3, 0.4) is 0 Å². The molecule has 14 heteroatoms. The molecule has 1 saturated carbocycles. The number of benzene rings is 3. The van der Waals surface area contributed by atoms with Crippen LogP contribution in [0.2, 0.25) is 0 Å². The van der Waals surface area contributed by atoms with E-state index in [4.69, 9.17) is 23.7 Å². The summed E-state index contributed by atoms with van der Waals surface area (Å²) in [7, 11) is 2.13. The van der Waals surface area contributed by atoms with Crippen LogP contribution >= 0.6 is 0 Å². The predicted molar refractivity (Wildman–Crippen MR) is 260 cm³/mol. The molecule has 0 spiro atoms. The van der Waals surface area contributed by atoms with Crippen molar-refractivity contribution in [3.8, 4) is 28.0 Å². The van der Waals surface area contributed by atoms with Crippen LogP contribution in [-0.4, -0.2) is 88.5 Å². The van der Waals surface area contributed by atoms with E-state index < -0.39 is 61.1 Å². The van der Waals surface area contributed by atoms with Gasteiger partial charge in [-0.25, -0.2) is 28.4 Å². The van der Waals surface area contributed by atoms with Gasteiger partial charge in [0.05, 0.1) is 32.8 Å². The Balaban J connectivity index is 1.74. The standard InChI is InChI=1S/C55H71FO13/c1-9-11-12-15-37-18-20-39(21-19-37)40-22-24-41(25-23-40)42-26-27-45(48(56)31-42)47-30-43(16-13-28-65-50(57)35(3)4)49(46(44(47)10-2)17-14-29-66-51(58)36(5)6)67-32-38(33-68-54(61)52(59)63-7)34-69-55(62)53(60)64-8/h22-27,30-31,37-39,52,59H,3,5,9-21,28-29,32-34H2,1-2,4,6-8H3. The third kappa shape index (κ3) is 17.0. The molecule has 1 N–H and O–H groups in total. The van der Waals surface area contributed by atoms with E-state index in [1.54, 1.807) is 26.0 Å². The Hall–Kier alpha value is -5.86. The van der Waals surface area contributed by atoms with E-state index >= 15 is 4.39 Å². The molecule has 1 fully saturated rings. The molecule has 0 heterocycles. The smallest absolute Gasteiger partial charge is 0.417 e. The summed E-state index contributed by atoms with van der Waals surface area (Å²) in [4.78, 5) is 61.2. The van der Waals surface area contributed by atoms with Gasteiger partial charge in [-0.3, -0.25) is 0 Å². The molecular weight excluding hydrogens is 888 g/mol. The summed E-state index contributed by atoms with van der Waals surface area (Å²) in [5, 5.41) is 9.86. The van der Waals surface area contributed by atoms with Gasteiger partial charge < -0.3 is 38.3 Å². The maximum absolute atomic E-state index is 16.8. The van der Waals surface area contributed by atoms with Gasteiger partial charge in [0.25, 0.3) is 6.29 Å². The Bertz CT molecular complexity index is 2220. The van der Waals surface area contributed by atoms with E-state index in [1.165, 1.54) is 56.9 Å². The minimum Gasteiger partial charge on any atom is -0.492 e. The third-order valence-electron chi connectivity index (χ3n) is 12.4. The number of halogens is 1. The Kier molecular flexibility index (Phi) is 23.1. The number of methoxy groups -OCH3 is 2. The van der Waals surface area contributed by atoms with Crippen molar-refractivity contribution in [1.29, 1.82) is 0 Å². The van der Waals surface area contributed by atoms with Gasteiger partial charge in [0.1, 0.15) is 24.8 Å². The average molecular weight is 959 g/mol. The zero-order chi connectivity index (χ0) is 50.5. The second-order valence-electron chi connectivity index (χ2n) is 17.8. The number of rotatable bonds is 27. The van der Waals surface area contributed by atoms with E-state index in [9.17, 15) is 29.1 Å². The van der Waals surface area contributed by atoms with Gasteiger partial charge >= 0.3 is 29.8 Å². The van der Waals surface area contributed by atoms with Gasteiger partial charge in [-0.1, -0.05) is 89.1 Å². The molecule has 1 aliphatic carbocycles. The molecule has 376 valence electrons. The van der Waals surface area contributed by atoms with E-state index in [2.05, 4.69) is 53.8 Å². The normalized spacial score (nSPS) is 15.3. The van der Waals surface area contributed by atoms with Crippen molar-refractivity contribution in [2.24, 2.45) is 11.8 Å². The fourth-order valence-corrected chi connectivity index (χ4v) is 8.56. The number of carbonyl (C=O) groups is 5. The fraction of sp³-hybridized carbons (Fsp3) is 0.509. The maximum atomic E-state index is 16.8. The summed E-state index contributed by atoms with van der Waals surface area (Å²) >= 11 is 0. The molecule has 2 unspecified atom stereocenters. The number of hydrogen-bond acceptors (Lipinski definition) is 13. The van der Waals surface area contributed by atoms with Gasteiger partial charge in [-0.2, -0.15) is 0 Å². The molecule has 3 aromatic carbocycles. The molecule has 0 amide bonds. The minimum atomic E-state index is -1.88. The first-order valence-electron chi connectivity index (χ1n) is 24.1. The van der Waals surface area contributed by atoms with Crippen LogP contribution in [0.1, 0.15) is 120 Å². The molecule has 13 nitrogen and oxygen atoms in total. The van der Waals surface area contributed by atoms with Crippen LogP contribution in [0, 0.1) is 17.7 Å². The van der Waals surface area contributed by atoms with Crippen molar-refractivity contribution in [2.75, 3.05) is 47.3 Å². The van der Waals surface area contributed by atoms with Crippen molar-refractivity contribution < 1.29 is 66.6 Å². The summed E-state index contributed by atoms with van der Waals surface area (Å²) in [5.41, 5.74) is 6.47. The fourth-order valence-electron chi connectivity index (χ4n) is 8.56. The van der Waals surface area contributed by atoms with Crippen molar-refractivity contribution in [1.82, 2.24) is 0 Å². The Morgan fingerprint density at radius 1 is 0.696 bits per heavy atom. The highest BCUT2D eigenvalue weighted by atomic mass is 19.1. The quantitative estimate of drug-likeness (QED) is 0.0191. The molecule has 0 aromatic heterocycles. The molecule has 0 bridgehead atoms. The van der Waals surface area contributed by atoms with Crippen LogP contribution in [-0.2, 0) is 71.7 Å². The third-order valence-corrected chi connectivity index (χ3v) is 12.4. The lowest BCUT2D eigenvalue weighted by Gasteiger charge is -2.29. The molecular formula is C55H71FO13. The Labute approximate surface area is 406 Å². The number of aliphatic hydroxyl groups excluding tert-OH is 1. The molecule has 0 radical (unpaired) electrons. The molecule has 1 aliphatic rings. The van der Waals surface area contributed by atoms with Crippen LogP contribution in [0.5, 0.6) is 5.75 Å². The van der Waals surface area contributed by atoms with Gasteiger partial charge in [0, 0.05) is 23.8 Å². The number of hydrogen-bond donors (Lipinski definition) is 1. The lowest BCUT2D eigenvalue weighted by atomic mass is 9.77. The zero-order valence-corrected chi connectivity index (χ0v) is 41.3. The first-order valence-corrected chi connectivity index (χ1v) is 24.1. The first kappa shape index (κ1) is 55.7. The van der Waals surface area contributed by atoms with Gasteiger partial charge in [-0.05, 0) is 135 Å². The minimum absolute atomic E-state index is 0.0359. The molecule has 4 rings (SSSR count). The Morgan fingerprint density at radius 3 is 1.90 bits per heavy atom. The van der Waals surface area contributed by atoms with Crippen molar-refractivity contribution in [3.63, 3.8) is 0 Å². The number of aryl methyl sites for hydroxylation is 1. The zero-order valence-electron chi connectivity index (χ0n) is 41.3. The second-order valence-corrected chi connectivity index (χ2v) is 17.8. The summed E-state index contributed by atoms with van der Waals surface area (Å²) in [6, 6.07) is 15.6. The first-order chi connectivity index (χ1) is 33.1. The SMILES string of the molecule is C=C(C)C(=O)OCCCc1cc(-c2ccc(-c3ccc(C4CCC(CCCCC)CC4)cc3)cc2F)c(CC)c(CCCOC(=O)C(=C)C)c1OCC(COC(=O)C(=O)OC)COC(=O)C(O)OC. The number of ether oxygens (including phenoxy) is 7. The number of esters is 5. The highest BCUT2D eigenvalue weighted by Gasteiger charge is 2.27. The van der Waals surface area contributed by atoms with Crippen LogP contribution in [0.25, 0.3) is 22.3 Å². The lowest BCUT2D eigenvalue weighted by Crippen LogP contribution is -2.32. The average Bonchev–Trinajstić information content (AvgIpc) is 3.35. The summed E-state index contributed by atoms with van der Waals surface area (Å²) < 4.78 is 53.8. The highest BCUT2D eigenvalue weighted by Crippen LogP contribution is 2.41. The predicted octanol–water partition coefficient (Wildman–Crippen LogP) is 9.90. The van der Waals surface area contributed by atoms with Crippen molar-refractivity contribution in [3.05, 3.63) is 101 Å². The largest absolute Gasteiger partial charge is 0.492 e. The summed E-state index contributed by atoms with van der Waals surface area (Å²) in [6.45, 7) is 13.5. The van der Waals surface area contributed by atoms with E-state index in [-0.39, 0.29) is 37.4 Å². The molecule has 69 heavy (non-hydrogen) atoms.